The second-order valence-corrected chi connectivity index (χ2v) is 4.17. The maximum atomic E-state index is 10.4. The van der Waals surface area contributed by atoms with Gasteiger partial charge in [0, 0.05) is 30.4 Å². The number of thioether (sulfide) groups is 1. The molecule has 0 radical (unpaired) electrons. The molecule has 0 aromatic rings. The van der Waals surface area contributed by atoms with Gasteiger partial charge in [0.25, 0.3) is 0 Å². The fraction of sp³-hybridized carbons (Fsp3) is 0.556. The zero-order valence-corrected chi connectivity index (χ0v) is 9.74. The summed E-state index contributed by atoms with van der Waals surface area (Å²) in [6.45, 7) is 5.72. The van der Waals surface area contributed by atoms with Crippen LogP contribution in [0, 0.1) is 0 Å². The fourth-order valence-electron chi connectivity index (χ4n) is 0.750. The molecule has 0 atom stereocenters. The van der Waals surface area contributed by atoms with Gasteiger partial charge in [-0.3, -0.25) is 9.59 Å². The molecule has 0 aromatic carbocycles. The zero-order valence-electron chi connectivity index (χ0n) is 8.16. The predicted molar refractivity (Wildman–Crippen MR) is 60.1 cm³/mol. The number of amides is 2. The van der Waals surface area contributed by atoms with Crippen LogP contribution in [0.1, 0.15) is 19.8 Å². The Balaban J connectivity index is 0.000000255. The quantitative estimate of drug-likeness (QED) is 0.326. The molecule has 0 saturated carbocycles. The van der Waals surface area contributed by atoms with Crippen LogP contribution in [-0.4, -0.2) is 27.7 Å². The lowest BCUT2D eigenvalue weighted by Gasteiger charge is -1.96. The average molecular weight is 236 g/mol. The van der Waals surface area contributed by atoms with Gasteiger partial charge in [-0.25, -0.2) is 0 Å². The summed E-state index contributed by atoms with van der Waals surface area (Å²) >= 11 is 7.04. The highest BCUT2D eigenvalue weighted by Crippen LogP contribution is 2.12. The van der Waals surface area contributed by atoms with Gasteiger partial charge in [-0.15, -0.1) is 6.58 Å². The topological polar surface area (TPSA) is 37.4 Å². The van der Waals surface area contributed by atoms with E-state index in [-0.39, 0.29) is 24.7 Å². The van der Waals surface area contributed by atoms with Crippen molar-refractivity contribution < 1.29 is 9.59 Å². The van der Waals surface area contributed by atoms with Gasteiger partial charge in [0.1, 0.15) is 0 Å². The first kappa shape index (κ1) is 13.5. The van der Waals surface area contributed by atoms with Crippen molar-refractivity contribution in [1.82, 2.24) is 4.42 Å². The van der Waals surface area contributed by atoms with E-state index in [4.69, 9.17) is 11.8 Å². The molecule has 0 aromatic heterocycles. The smallest absolute Gasteiger partial charge is 0.244 e. The third kappa shape index (κ3) is 5.29. The van der Waals surface area contributed by atoms with E-state index in [0.29, 0.717) is 4.42 Å². The van der Waals surface area contributed by atoms with Crippen LogP contribution in [-0.2, 0) is 9.59 Å². The number of carbonyl (C=O) groups is 2. The second-order valence-electron chi connectivity index (χ2n) is 2.52. The van der Waals surface area contributed by atoms with Crippen LogP contribution in [0.2, 0.25) is 0 Å². The Morgan fingerprint density at radius 3 is 2.14 bits per heavy atom. The summed E-state index contributed by atoms with van der Waals surface area (Å²) in [7, 11) is 0. The number of halogens is 1. The lowest BCUT2D eigenvalue weighted by molar-refractivity contribution is -0.132. The summed E-state index contributed by atoms with van der Waals surface area (Å²) < 4.78 is 0.639. The Bertz CT molecular complexity index is 205. The van der Waals surface area contributed by atoms with Crippen molar-refractivity contribution in [2.45, 2.75) is 19.8 Å². The summed E-state index contributed by atoms with van der Waals surface area (Å²) in [5.74, 6) is 1.70. The first-order valence-electron chi connectivity index (χ1n) is 4.33. The Kier molecular flexibility index (Phi) is 7.61. The first-order valence-corrected chi connectivity index (χ1v) is 5.83. The van der Waals surface area contributed by atoms with Crippen LogP contribution >= 0.6 is 23.5 Å². The molecule has 1 aliphatic rings. The lowest BCUT2D eigenvalue weighted by Crippen LogP contribution is -2.16. The molecular formula is C9H14ClNO2S. The van der Waals surface area contributed by atoms with E-state index in [1.54, 1.807) is 0 Å². The summed E-state index contributed by atoms with van der Waals surface area (Å²) in [4.78, 5) is 20.7. The molecule has 0 spiro atoms. The van der Waals surface area contributed by atoms with E-state index >= 15 is 0 Å². The molecule has 5 heteroatoms. The van der Waals surface area contributed by atoms with Crippen molar-refractivity contribution in [2.24, 2.45) is 0 Å². The predicted octanol–water partition coefficient (Wildman–Crippen LogP) is 2.21. The van der Waals surface area contributed by atoms with Crippen LogP contribution in [0.5, 0.6) is 0 Å². The standard InChI is InChI=1S/C5H10S.C4H4ClNO2/c1-3-5-6-4-2;5-6-3(7)1-2-4(6)8/h3H,1,4-5H2,2H3;1-2H2. The van der Waals surface area contributed by atoms with Gasteiger partial charge < -0.3 is 0 Å². The first-order chi connectivity index (χ1) is 6.63. The molecule has 1 saturated heterocycles. The highest BCUT2D eigenvalue weighted by Gasteiger charge is 2.26. The third-order valence-corrected chi connectivity index (χ3v) is 2.69. The highest BCUT2D eigenvalue weighted by atomic mass is 35.5. The summed E-state index contributed by atoms with van der Waals surface area (Å²) in [6, 6.07) is 0. The average Bonchev–Trinajstić information content (AvgIpc) is 2.47. The zero-order chi connectivity index (χ0) is 11.0. The van der Waals surface area contributed by atoms with Crippen molar-refractivity contribution in [3.05, 3.63) is 12.7 Å². The van der Waals surface area contributed by atoms with E-state index in [1.165, 1.54) is 5.75 Å². The highest BCUT2D eigenvalue weighted by molar-refractivity contribution is 7.99. The van der Waals surface area contributed by atoms with Crippen molar-refractivity contribution >= 4 is 35.4 Å². The maximum absolute atomic E-state index is 10.4. The van der Waals surface area contributed by atoms with Crippen molar-refractivity contribution in [3.63, 3.8) is 0 Å². The number of hydrogen-bond donors (Lipinski definition) is 0. The third-order valence-electron chi connectivity index (χ3n) is 1.43. The molecule has 0 N–H and O–H groups in total. The summed E-state index contributed by atoms with van der Waals surface area (Å²) in [5, 5.41) is 0. The van der Waals surface area contributed by atoms with Gasteiger partial charge in [-0.05, 0) is 5.75 Å². The van der Waals surface area contributed by atoms with Gasteiger partial charge in [-0.1, -0.05) is 13.0 Å². The van der Waals surface area contributed by atoms with E-state index < -0.39 is 0 Å². The monoisotopic (exact) mass is 235 g/mol. The Labute approximate surface area is 93.6 Å². The van der Waals surface area contributed by atoms with Crippen molar-refractivity contribution in [3.8, 4) is 0 Å². The van der Waals surface area contributed by atoms with Crippen LogP contribution < -0.4 is 0 Å². The molecule has 1 fully saturated rings. The molecule has 3 nitrogen and oxygen atoms in total. The van der Waals surface area contributed by atoms with Gasteiger partial charge >= 0.3 is 0 Å². The molecule has 0 aliphatic carbocycles. The van der Waals surface area contributed by atoms with Crippen molar-refractivity contribution in [2.75, 3.05) is 11.5 Å². The lowest BCUT2D eigenvalue weighted by atomic mass is 10.4. The van der Waals surface area contributed by atoms with Gasteiger partial charge in [0.2, 0.25) is 11.8 Å². The molecule has 80 valence electrons. The molecule has 1 rings (SSSR count). The van der Waals surface area contributed by atoms with Crippen LogP contribution in [0.25, 0.3) is 0 Å². The molecule has 1 aliphatic heterocycles. The number of nitrogens with zero attached hydrogens (tertiary/aromatic N) is 1. The normalized spacial score (nSPS) is 15.1. The van der Waals surface area contributed by atoms with E-state index in [1.807, 2.05) is 17.8 Å². The van der Waals surface area contributed by atoms with E-state index in [2.05, 4.69) is 13.5 Å². The Morgan fingerprint density at radius 2 is 2.00 bits per heavy atom. The molecule has 2 amide bonds. The minimum atomic E-state index is -0.295. The number of rotatable bonds is 3. The van der Waals surface area contributed by atoms with Gasteiger partial charge in [-0.2, -0.15) is 16.2 Å². The second kappa shape index (κ2) is 7.88. The van der Waals surface area contributed by atoms with E-state index in [9.17, 15) is 9.59 Å². The molecule has 14 heavy (non-hydrogen) atoms. The maximum Gasteiger partial charge on any atom is 0.244 e. The van der Waals surface area contributed by atoms with Crippen LogP contribution in [0.3, 0.4) is 0 Å². The molecule has 0 bridgehead atoms. The molecule has 1 heterocycles. The number of carbonyl (C=O) groups excluding carboxylic acids is 2. The van der Waals surface area contributed by atoms with Crippen molar-refractivity contribution in [1.29, 1.82) is 0 Å². The van der Waals surface area contributed by atoms with Crippen LogP contribution in [0.15, 0.2) is 12.7 Å². The Hall–Kier alpha value is -0.480. The van der Waals surface area contributed by atoms with Gasteiger partial charge in [0.05, 0.1) is 0 Å². The summed E-state index contributed by atoms with van der Waals surface area (Å²) in [6.07, 6.45) is 2.46. The number of imide groups is 1. The largest absolute Gasteiger partial charge is 0.273 e. The van der Waals surface area contributed by atoms with E-state index in [0.717, 1.165) is 5.75 Å². The minimum absolute atomic E-state index is 0.266. The summed E-state index contributed by atoms with van der Waals surface area (Å²) in [5.41, 5.74) is 0. The SMILES string of the molecule is C=CCSCC.O=C1CCC(=O)N1Cl. The minimum Gasteiger partial charge on any atom is -0.273 e. The molecular weight excluding hydrogens is 222 g/mol. The fourth-order valence-corrected chi connectivity index (χ4v) is 1.32. The Morgan fingerprint density at radius 1 is 1.50 bits per heavy atom. The molecule has 0 unspecified atom stereocenters. The van der Waals surface area contributed by atoms with Gasteiger partial charge in [0.15, 0.2) is 0 Å². The van der Waals surface area contributed by atoms with Crippen LogP contribution in [0.4, 0.5) is 0 Å². The number of hydrogen-bond acceptors (Lipinski definition) is 3.